The van der Waals surface area contributed by atoms with Crippen molar-refractivity contribution in [1.29, 1.82) is 0 Å². The minimum Gasteiger partial charge on any atom is -0.345 e. The largest absolute Gasteiger partial charge is 0.345 e. The fourth-order valence-electron chi connectivity index (χ4n) is 1.92. The van der Waals surface area contributed by atoms with Crippen LogP contribution in [0.25, 0.3) is 0 Å². The van der Waals surface area contributed by atoms with E-state index in [0.717, 1.165) is 23.3 Å². The second-order valence-corrected chi connectivity index (χ2v) is 4.70. The molecule has 0 aliphatic heterocycles. The van der Waals surface area contributed by atoms with Crippen LogP contribution < -0.4 is 5.32 Å². The molecule has 0 saturated carbocycles. The lowest BCUT2D eigenvalue weighted by Gasteiger charge is -2.15. The van der Waals surface area contributed by atoms with Gasteiger partial charge in [0.15, 0.2) is 0 Å². The molecule has 1 amide bonds. The molecule has 0 spiro atoms. The quantitative estimate of drug-likeness (QED) is 0.907. The molecule has 1 atom stereocenters. The van der Waals surface area contributed by atoms with E-state index in [0.29, 0.717) is 0 Å². The summed E-state index contributed by atoms with van der Waals surface area (Å²) in [5.74, 6) is -2.48. The van der Waals surface area contributed by atoms with Gasteiger partial charge in [-0.05, 0) is 31.5 Å². The van der Waals surface area contributed by atoms with Crippen molar-refractivity contribution >= 4 is 5.91 Å². The summed E-state index contributed by atoms with van der Waals surface area (Å²) in [4.78, 5) is 11.9. The first-order valence-electron chi connectivity index (χ1n) is 6.30. The van der Waals surface area contributed by atoms with Crippen LogP contribution in [0.1, 0.15) is 34.5 Å². The molecular weight excluding hydrogens is 260 g/mol. The van der Waals surface area contributed by atoms with Crippen molar-refractivity contribution in [1.82, 2.24) is 5.32 Å². The van der Waals surface area contributed by atoms with Crippen LogP contribution in [0.15, 0.2) is 42.5 Å². The molecule has 20 heavy (non-hydrogen) atoms. The average Bonchev–Trinajstić information content (AvgIpc) is 2.39. The van der Waals surface area contributed by atoms with Crippen molar-refractivity contribution in [2.45, 2.75) is 19.9 Å². The Morgan fingerprint density at radius 2 is 1.60 bits per heavy atom. The van der Waals surface area contributed by atoms with Gasteiger partial charge in [0, 0.05) is 0 Å². The van der Waals surface area contributed by atoms with Crippen molar-refractivity contribution in [3.05, 3.63) is 70.8 Å². The first kappa shape index (κ1) is 14.2. The number of hydrogen-bond acceptors (Lipinski definition) is 1. The van der Waals surface area contributed by atoms with Crippen LogP contribution in [-0.2, 0) is 0 Å². The molecule has 0 saturated heterocycles. The van der Waals surface area contributed by atoms with E-state index in [1.54, 1.807) is 6.92 Å². The lowest BCUT2D eigenvalue weighted by Crippen LogP contribution is -2.28. The van der Waals surface area contributed by atoms with E-state index < -0.39 is 23.1 Å². The molecule has 104 valence electrons. The maximum absolute atomic E-state index is 13.5. The zero-order chi connectivity index (χ0) is 14.7. The van der Waals surface area contributed by atoms with E-state index in [4.69, 9.17) is 0 Å². The van der Waals surface area contributed by atoms with Crippen molar-refractivity contribution < 1.29 is 13.6 Å². The summed E-state index contributed by atoms with van der Waals surface area (Å²) in [7, 11) is 0. The molecule has 2 nitrogen and oxygen atoms in total. The smallest absolute Gasteiger partial charge is 0.257 e. The molecule has 1 unspecified atom stereocenters. The number of carbonyl (C=O) groups excluding carboxylic acids is 1. The lowest BCUT2D eigenvalue weighted by atomic mass is 10.1. The van der Waals surface area contributed by atoms with E-state index in [9.17, 15) is 13.6 Å². The van der Waals surface area contributed by atoms with Crippen LogP contribution in [0, 0.1) is 18.6 Å². The summed E-state index contributed by atoms with van der Waals surface area (Å²) in [5.41, 5.74) is 1.43. The van der Waals surface area contributed by atoms with Crippen LogP contribution in [0.2, 0.25) is 0 Å². The van der Waals surface area contributed by atoms with Gasteiger partial charge in [0.25, 0.3) is 5.91 Å². The van der Waals surface area contributed by atoms with Gasteiger partial charge in [-0.15, -0.1) is 0 Å². The summed E-state index contributed by atoms with van der Waals surface area (Å²) in [6.45, 7) is 3.73. The zero-order valence-corrected chi connectivity index (χ0v) is 11.3. The highest BCUT2D eigenvalue weighted by Crippen LogP contribution is 2.16. The normalized spacial score (nSPS) is 12.0. The highest BCUT2D eigenvalue weighted by molar-refractivity contribution is 5.95. The van der Waals surface area contributed by atoms with E-state index in [1.807, 2.05) is 31.2 Å². The Kier molecular flexibility index (Phi) is 4.13. The fourth-order valence-corrected chi connectivity index (χ4v) is 1.92. The van der Waals surface area contributed by atoms with Gasteiger partial charge in [-0.1, -0.05) is 35.9 Å². The van der Waals surface area contributed by atoms with E-state index >= 15 is 0 Å². The third-order valence-electron chi connectivity index (χ3n) is 3.11. The summed E-state index contributed by atoms with van der Waals surface area (Å²) in [6, 6.07) is 10.6. The minimum atomic E-state index is -0.862. The molecule has 2 aromatic carbocycles. The molecule has 4 heteroatoms. The molecule has 0 aliphatic rings. The number of rotatable bonds is 3. The predicted molar refractivity (Wildman–Crippen MR) is 73.4 cm³/mol. The first-order valence-corrected chi connectivity index (χ1v) is 6.30. The Hall–Kier alpha value is -2.23. The summed E-state index contributed by atoms with van der Waals surface area (Å²) in [5, 5.41) is 2.59. The van der Waals surface area contributed by atoms with Gasteiger partial charge in [-0.2, -0.15) is 0 Å². The summed E-state index contributed by atoms with van der Waals surface area (Å²) in [6.07, 6.45) is 0. The van der Waals surface area contributed by atoms with E-state index in [-0.39, 0.29) is 6.04 Å². The minimum absolute atomic E-state index is 0.331. The molecular formula is C16H15F2NO. The number of halogens is 2. The maximum atomic E-state index is 13.5. The maximum Gasteiger partial charge on any atom is 0.257 e. The standard InChI is InChI=1S/C16H15F2NO/c1-10-6-8-12(9-7-10)11(2)19-16(20)15-13(17)4-3-5-14(15)18/h3-9,11H,1-2H3,(H,19,20). The van der Waals surface area contributed by atoms with Crippen LogP contribution in [0.5, 0.6) is 0 Å². The molecule has 0 heterocycles. The molecule has 0 aliphatic carbocycles. The van der Waals surface area contributed by atoms with Crippen molar-refractivity contribution in [3.8, 4) is 0 Å². The van der Waals surface area contributed by atoms with Gasteiger partial charge in [-0.3, -0.25) is 4.79 Å². The number of aryl methyl sites for hydroxylation is 1. The second kappa shape index (κ2) is 5.82. The highest BCUT2D eigenvalue weighted by atomic mass is 19.1. The highest BCUT2D eigenvalue weighted by Gasteiger charge is 2.19. The van der Waals surface area contributed by atoms with Gasteiger partial charge in [0.05, 0.1) is 6.04 Å². The Morgan fingerprint density at radius 1 is 1.05 bits per heavy atom. The summed E-state index contributed by atoms with van der Waals surface area (Å²) >= 11 is 0. The molecule has 0 radical (unpaired) electrons. The topological polar surface area (TPSA) is 29.1 Å². The van der Waals surface area contributed by atoms with E-state index in [2.05, 4.69) is 5.32 Å². The van der Waals surface area contributed by atoms with E-state index in [1.165, 1.54) is 6.07 Å². The van der Waals surface area contributed by atoms with Crippen LogP contribution in [0.3, 0.4) is 0 Å². The molecule has 2 aromatic rings. The molecule has 0 bridgehead atoms. The Bertz CT molecular complexity index is 603. The zero-order valence-electron chi connectivity index (χ0n) is 11.3. The Morgan fingerprint density at radius 3 is 2.15 bits per heavy atom. The number of carbonyl (C=O) groups is 1. The van der Waals surface area contributed by atoms with Crippen molar-refractivity contribution in [2.24, 2.45) is 0 Å². The first-order chi connectivity index (χ1) is 9.49. The SMILES string of the molecule is Cc1ccc(C(C)NC(=O)c2c(F)cccc2F)cc1. The second-order valence-electron chi connectivity index (χ2n) is 4.70. The number of benzene rings is 2. The number of nitrogens with one attached hydrogen (secondary N) is 1. The predicted octanol–water partition coefficient (Wildman–Crippen LogP) is 3.76. The number of amides is 1. The number of hydrogen-bond donors (Lipinski definition) is 1. The van der Waals surface area contributed by atoms with Crippen molar-refractivity contribution in [2.75, 3.05) is 0 Å². The monoisotopic (exact) mass is 275 g/mol. The van der Waals surface area contributed by atoms with Gasteiger partial charge in [0.2, 0.25) is 0 Å². The van der Waals surface area contributed by atoms with Gasteiger partial charge >= 0.3 is 0 Å². The van der Waals surface area contributed by atoms with Gasteiger partial charge in [-0.25, -0.2) is 8.78 Å². The summed E-state index contributed by atoms with van der Waals surface area (Å²) < 4.78 is 27.0. The molecule has 2 rings (SSSR count). The fraction of sp³-hybridized carbons (Fsp3) is 0.188. The van der Waals surface area contributed by atoms with Gasteiger partial charge < -0.3 is 5.32 Å². The van der Waals surface area contributed by atoms with Crippen molar-refractivity contribution in [3.63, 3.8) is 0 Å². The molecule has 0 aromatic heterocycles. The average molecular weight is 275 g/mol. The van der Waals surface area contributed by atoms with Crippen LogP contribution >= 0.6 is 0 Å². The lowest BCUT2D eigenvalue weighted by molar-refractivity contribution is 0.0931. The van der Waals surface area contributed by atoms with Gasteiger partial charge in [0.1, 0.15) is 17.2 Å². The Labute approximate surface area is 116 Å². The molecule has 1 N–H and O–H groups in total. The third kappa shape index (κ3) is 3.02. The van der Waals surface area contributed by atoms with Crippen LogP contribution in [-0.4, -0.2) is 5.91 Å². The Balaban J connectivity index is 2.17. The molecule has 0 fully saturated rings. The van der Waals surface area contributed by atoms with Crippen LogP contribution in [0.4, 0.5) is 8.78 Å². The third-order valence-corrected chi connectivity index (χ3v) is 3.11.